The number of hydrogen-bond acceptors (Lipinski definition) is 32. The molecule has 9 rings (SSSR count). The van der Waals surface area contributed by atoms with Gasteiger partial charge in [0.2, 0.25) is 11.7 Å². The van der Waals surface area contributed by atoms with Crippen LogP contribution in [0, 0.1) is 20.8 Å². The second-order valence-electron chi connectivity index (χ2n) is 21.2. The number of aromatic amines is 4. The monoisotopic (exact) mass is 1540 g/mol. The minimum absolute atomic E-state index is 0.00211. The summed E-state index contributed by atoms with van der Waals surface area (Å²) in [4.78, 5) is 107. The number of aliphatic hydroxyl groups is 1. The first-order valence-corrected chi connectivity index (χ1v) is 41.2. The molecule has 0 aliphatic carbocycles. The van der Waals surface area contributed by atoms with Crippen molar-refractivity contribution < 1.29 is 102 Å². The lowest BCUT2D eigenvalue weighted by Gasteiger charge is -2.52. The second kappa shape index (κ2) is 30.3. The first kappa shape index (κ1) is 75.6. The van der Waals surface area contributed by atoms with E-state index in [1.807, 2.05) is 0 Å². The summed E-state index contributed by atoms with van der Waals surface area (Å²) >= 11 is 20.6. The van der Waals surface area contributed by atoms with Crippen LogP contribution in [0.2, 0.25) is 0 Å². The molecule has 4 saturated heterocycles. The quantitative estimate of drug-likeness (QED) is 0.0172. The van der Waals surface area contributed by atoms with E-state index in [2.05, 4.69) is 91.1 Å². The van der Waals surface area contributed by atoms with Crippen LogP contribution in [0.15, 0.2) is 58.5 Å². The molecule has 4 aliphatic rings. The number of aliphatic hydroxyl groups excluding tert-OH is 1. The Morgan fingerprint density at radius 1 is 0.600 bits per heavy atom. The number of nitrogens with zero attached hydrogens (tertiary/aromatic N) is 6. The van der Waals surface area contributed by atoms with Crippen molar-refractivity contribution in [3.05, 3.63) is 114 Å². The zero-order valence-electron chi connectivity index (χ0n) is 50.2. The predicted octanol–water partition coefficient (Wildman–Crippen LogP) is 2.48. The van der Waals surface area contributed by atoms with Crippen molar-refractivity contribution in [1.29, 1.82) is 0 Å². The van der Waals surface area contributed by atoms with Gasteiger partial charge in [0.25, 0.3) is 22.2 Å². The first-order valence-electron chi connectivity index (χ1n) is 27.7. The molecule has 4 aliphatic heterocycles. The van der Waals surface area contributed by atoms with E-state index in [-0.39, 0.29) is 59.9 Å². The number of aryl methyl sites for hydroxylation is 3. The average Bonchev–Trinajstić information content (AvgIpc) is 1.19. The molecule has 5 aromatic heterocycles. The Morgan fingerprint density at radius 2 is 1.09 bits per heavy atom. The Morgan fingerprint density at radius 3 is 1.64 bits per heavy atom. The van der Waals surface area contributed by atoms with Crippen LogP contribution >= 0.6 is 95.2 Å². The van der Waals surface area contributed by atoms with E-state index in [9.17, 15) is 61.5 Å². The fourth-order valence-corrected chi connectivity index (χ4v) is 17.0. The van der Waals surface area contributed by atoms with E-state index in [4.69, 9.17) is 79.4 Å². The number of thiol groups is 5. The Kier molecular flexibility index (Phi) is 24.1. The molecule has 0 bridgehead atoms. The Hall–Kier alpha value is -3.59. The maximum Gasteiger partial charge on any atom is 0.388 e. The highest BCUT2D eigenvalue weighted by Crippen LogP contribution is 2.65. The molecular weight excluding hydrogens is 1470 g/mol. The molecule has 95 heavy (non-hydrogen) atoms. The van der Waals surface area contributed by atoms with Gasteiger partial charge >= 0.3 is 51.1 Å². The van der Waals surface area contributed by atoms with Crippen LogP contribution in [-0.2, 0) is 96.5 Å². The van der Waals surface area contributed by atoms with Gasteiger partial charge in [-0.1, -0.05) is 61.2 Å². The third-order valence-corrected chi connectivity index (χ3v) is 23.0. The number of hydrogen-bond donors (Lipinski definition) is 11. The summed E-state index contributed by atoms with van der Waals surface area (Å²) in [6, 6.07) is 0. The van der Waals surface area contributed by atoms with Crippen molar-refractivity contribution in [1.82, 2.24) is 48.2 Å². The largest absolute Gasteiger partial charge is 0.396 e. The van der Waals surface area contributed by atoms with E-state index in [1.54, 1.807) is 0 Å². The standard InChI is InChI=1S/C45H64N11O29P5S5/c1-20-12-53(42(62)50-35(20)58)28-10-23(26(78-28)16-75-88(67,93)82-24-11-29(79-25(24)15-74-86(65,91)72-6)56-19-47-30-34(56)48-41(46)49-38(30)61)83-89(68,94)77-18-45(33(71-5)40(81-45)55-14-22(3)37(60)52-44(55)64)85-90(69,95)76-17-27-31(84-87(66,92)73-9-7-8-57)32(70-4)39(80-27)54-13-21(2)36(59)51-43(54)63/h12-14,19,23-29,31-33,39-40,57H,7-11,15-18H2,1-6H3,(H,65,91)(H,66,92)(H,67,93)(H,68,94)(H,69,95)(H,50,58,62)(H,51,59,63)(H,52,60,64)(H3,46,48,49,61)/t23-,24-,25?,26?,27?,28-,29-,31?,32?,33?,39?,40?,45+,86?,87?,88?,89?,90?/m1/s1. The number of nitrogens with two attached hydrogens (primary N) is 1. The highest BCUT2D eigenvalue weighted by molar-refractivity contribution is 8.45. The lowest BCUT2D eigenvalue weighted by atomic mass is 10.0. The summed E-state index contributed by atoms with van der Waals surface area (Å²) in [6.45, 7) is -23.2. The van der Waals surface area contributed by atoms with Crippen LogP contribution < -0.4 is 45.0 Å². The van der Waals surface area contributed by atoms with Crippen LogP contribution in [0.4, 0.5) is 5.95 Å². The minimum atomic E-state index is -5.06. The van der Waals surface area contributed by atoms with Crippen molar-refractivity contribution >= 4 is 112 Å². The summed E-state index contributed by atoms with van der Waals surface area (Å²) in [5, 5.41) is 9.32. The van der Waals surface area contributed by atoms with Gasteiger partial charge in [0.05, 0.1) is 32.8 Å². The van der Waals surface area contributed by atoms with E-state index in [0.717, 1.165) is 46.5 Å². The highest BCUT2D eigenvalue weighted by Gasteiger charge is 2.63. The van der Waals surface area contributed by atoms with Crippen LogP contribution in [0.1, 0.15) is 60.9 Å². The van der Waals surface area contributed by atoms with Gasteiger partial charge in [-0.05, 0) is 27.2 Å². The van der Waals surface area contributed by atoms with E-state index in [0.29, 0.717) is 0 Å². The number of anilines is 1. The molecule has 40 nitrogen and oxygen atoms in total. The number of methoxy groups -OCH3 is 2. The molecule has 18 atom stereocenters. The fourth-order valence-electron chi connectivity index (χ4n) is 10.2. The molecular formula is C45H64N11O29P5S5. The zero-order valence-corrected chi connectivity index (χ0v) is 59.2. The number of nitrogens with one attached hydrogen (secondary N) is 4. The van der Waals surface area contributed by atoms with Crippen molar-refractivity contribution in [2.24, 2.45) is 0 Å². The number of H-pyrrole nitrogens is 4. The Labute approximate surface area is 559 Å². The van der Waals surface area contributed by atoms with Crippen LogP contribution in [0.25, 0.3) is 11.2 Å². The fraction of sp³-hybridized carbons (Fsp3) is 0.622. The zero-order chi connectivity index (χ0) is 69.5. The molecule has 0 aromatic carbocycles. The molecule has 7 N–H and O–H groups in total. The summed E-state index contributed by atoms with van der Waals surface area (Å²) in [5.74, 6) is -2.91. The third kappa shape index (κ3) is 17.8. The molecule has 0 spiro atoms. The van der Waals surface area contributed by atoms with E-state index < -0.39 is 186 Å². The maximum atomic E-state index is 14.7. The number of nitrogen functional groups attached to an aromatic ring is 1. The molecule has 0 saturated carbocycles. The van der Waals surface area contributed by atoms with E-state index >= 15 is 0 Å². The predicted molar refractivity (Wildman–Crippen MR) is 343 cm³/mol. The molecule has 0 radical (unpaired) electrons. The van der Waals surface area contributed by atoms with Crippen molar-refractivity contribution in [2.45, 2.75) is 120 Å². The molecule has 0 amide bonds. The van der Waals surface area contributed by atoms with Crippen molar-refractivity contribution in [3.63, 3.8) is 0 Å². The minimum Gasteiger partial charge on any atom is -0.396 e. The molecule has 13 unspecified atom stereocenters. The Balaban J connectivity index is 0.969. The molecule has 4 fully saturated rings. The molecule has 9 heterocycles. The summed E-state index contributed by atoms with van der Waals surface area (Å²) in [7, 11) is 3.32. The maximum absolute atomic E-state index is 14.7. The SMILES string of the molecule is COC1C(OP(=O)(S)OCCCO)C(COP(=O)(S)O[C@]2(COP(=O)(S)O[C@@H]3C[C@H](n4cc(C)c(=O)[nH]c4=O)OC3COP(=O)(S)O[C@@H]3C[C@H](n4cnc5c(=O)[nH]c(N)nc54)OC3COP(=O)(S)OC)OC(n3cc(C)c(=O)[nH]c3=O)C2OC)OC1n1cc(C)c(=O)[nH]c1=O. The highest BCUT2D eigenvalue weighted by atomic mass is 32.7. The lowest BCUT2D eigenvalue weighted by molar-refractivity contribution is -0.406. The third-order valence-electron chi connectivity index (χ3n) is 14.7. The lowest BCUT2D eigenvalue weighted by Crippen LogP contribution is -2.66. The van der Waals surface area contributed by atoms with Gasteiger partial charge in [-0.2, -0.15) is 4.98 Å². The van der Waals surface area contributed by atoms with Crippen LogP contribution in [0.3, 0.4) is 0 Å². The Bertz CT molecular complexity index is 4360. The van der Waals surface area contributed by atoms with Crippen LogP contribution in [0.5, 0.6) is 0 Å². The van der Waals surface area contributed by atoms with Gasteiger partial charge in [0, 0.05) is 76.1 Å². The summed E-state index contributed by atoms with van der Waals surface area (Å²) < 4.78 is 167. The number of ether oxygens (including phenoxy) is 6. The van der Waals surface area contributed by atoms with Crippen molar-refractivity contribution in [2.75, 3.05) is 66.7 Å². The number of aromatic nitrogens is 10. The summed E-state index contributed by atoms with van der Waals surface area (Å²) in [5.41, 5.74) is -0.162. The van der Waals surface area contributed by atoms with Gasteiger partial charge in [0.1, 0.15) is 61.8 Å². The van der Waals surface area contributed by atoms with Gasteiger partial charge in [-0.3, -0.25) is 93.6 Å². The average molecular weight is 1540 g/mol. The normalized spacial score (nSPS) is 29.3. The smallest absolute Gasteiger partial charge is 0.388 e. The van der Waals surface area contributed by atoms with E-state index in [1.165, 1.54) is 38.8 Å². The first-order chi connectivity index (χ1) is 44.5. The number of rotatable bonds is 31. The van der Waals surface area contributed by atoms with Crippen LogP contribution in [-0.4, -0.2) is 169 Å². The van der Waals surface area contributed by atoms with Gasteiger partial charge in [0.15, 0.2) is 29.7 Å². The molecule has 50 heteroatoms. The van der Waals surface area contributed by atoms with Gasteiger partial charge in [-0.25, -0.2) is 42.2 Å². The van der Waals surface area contributed by atoms with Crippen molar-refractivity contribution in [3.8, 4) is 0 Å². The molecule has 5 aromatic rings. The topological polar surface area (TPSA) is 507 Å². The number of imidazole rings is 1. The van der Waals surface area contributed by atoms with Gasteiger partial charge in [-0.15, -0.1) is 0 Å². The number of fused-ring (bicyclic) bond motifs is 1. The van der Waals surface area contributed by atoms with Gasteiger partial charge < -0.3 is 48.3 Å². The second-order valence-corrected chi connectivity index (χ2v) is 35.7. The molecule has 528 valence electrons. The summed E-state index contributed by atoms with van der Waals surface area (Å²) in [6.07, 6.45) is -13.5.